The number of rotatable bonds is 6. The minimum Gasteiger partial charge on any atom is -0.478 e. The summed E-state index contributed by atoms with van der Waals surface area (Å²) in [5, 5.41) is 9.68. The Bertz CT molecular complexity index is 1430. The average Bonchev–Trinajstić information content (AvgIpc) is 3.38. The second-order valence-corrected chi connectivity index (χ2v) is 17.4. The molecule has 46 heavy (non-hydrogen) atoms. The third-order valence-electron chi connectivity index (χ3n) is 15.4. The molecule has 1 aromatic carbocycles. The van der Waals surface area contributed by atoms with Crippen molar-refractivity contribution in [2.75, 3.05) is 6.61 Å². The monoisotopic (exact) mass is 632 g/mol. The molecule has 0 spiro atoms. The fraction of sp³-hybridized carbons (Fsp3) is 0.725. The van der Waals surface area contributed by atoms with E-state index in [1.54, 1.807) is 25.1 Å². The molecular weight excluding hydrogens is 576 g/mol. The van der Waals surface area contributed by atoms with E-state index in [4.69, 9.17) is 9.47 Å². The van der Waals surface area contributed by atoms with Crippen LogP contribution in [-0.4, -0.2) is 35.7 Å². The Morgan fingerprint density at radius 3 is 2.17 bits per heavy atom. The van der Waals surface area contributed by atoms with Gasteiger partial charge in [-0.3, -0.25) is 4.79 Å². The molecule has 6 heteroatoms. The Morgan fingerprint density at radius 2 is 1.52 bits per heavy atom. The van der Waals surface area contributed by atoms with Gasteiger partial charge in [0.05, 0.1) is 17.7 Å². The number of allylic oxidation sites excluding steroid dienone is 1. The maximum absolute atomic E-state index is 13.4. The Hall–Kier alpha value is -2.63. The van der Waals surface area contributed by atoms with E-state index in [1.807, 2.05) is 0 Å². The number of carboxylic acid groups (broad SMARTS) is 1. The Morgan fingerprint density at radius 1 is 0.826 bits per heavy atom. The van der Waals surface area contributed by atoms with E-state index in [0.29, 0.717) is 36.2 Å². The standard InChI is InChI=1S/C40H56O6/c1-24(2)26-15-20-40(23-45-35(44)28-12-10-9-11-27(28)34(42)43)22-21-38(7)29(33(26)40)13-14-31-37(6)18-17-32(46-25(3)41)36(4,5)30(37)16-19-39(31,38)8/h9-12,26,29-33H,1,13-23H2,2-8H3,(H,42,43)/t26-,29?,30?,31?,32?,33?,37-,38+,39+,40?/m0/s1. The number of carbonyl (C=O) groups excluding carboxylic acids is 2. The minimum atomic E-state index is -1.11. The van der Waals surface area contributed by atoms with Crippen LogP contribution >= 0.6 is 0 Å². The molecule has 5 aliphatic rings. The van der Waals surface area contributed by atoms with E-state index in [0.717, 1.165) is 44.9 Å². The van der Waals surface area contributed by atoms with Crippen molar-refractivity contribution in [3.8, 4) is 0 Å². The molecule has 5 aliphatic carbocycles. The topological polar surface area (TPSA) is 89.9 Å². The molecule has 0 bridgehead atoms. The first-order valence-corrected chi connectivity index (χ1v) is 17.8. The highest BCUT2D eigenvalue weighted by atomic mass is 16.5. The third kappa shape index (κ3) is 4.73. The van der Waals surface area contributed by atoms with Gasteiger partial charge in [-0.1, -0.05) is 58.9 Å². The quantitative estimate of drug-likeness (QED) is 0.249. The number of ether oxygens (including phenoxy) is 2. The highest BCUT2D eigenvalue weighted by molar-refractivity contribution is 6.02. The van der Waals surface area contributed by atoms with Gasteiger partial charge in [0.15, 0.2) is 0 Å². The maximum atomic E-state index is 13.4. The summed E-state index contributed by atoms with van der Waals surface area (Å²) in [6.45, 7) is 21.1. The van der Waals surface area contributed by atoms with Gasteiger partial charge >= 0.3 is 17.9 Å². The van der Waals surface area contributed by atoms with Crippen molar-refractivity contribution in [1.82, 2.24) is 0 Å². The molecule has 0 amide bonds. The molecule has 0 heterocycles. The van der Waals surface area contributed by atoms with Gasteiger partial charge in [-0.15, -0.1) is 0 Å². The summed E-state index contributed by atoms with van der Waals surface area (Å²) in [4.78, 5) is 37.2. The van der Waals surface area contributed by atoms with E-state index in [1.165, 1.54) is 30.9 Å². The van der Waals surface area contributed by atoms with Crippen LogP contribution in [0.25, 0.3) is 0 Å². The third-order valence-corrected chi connectivity index (χ3v) is 15.4. The molecule has 6 unspecified atom stereocenters. The molecule has 0 radical (unpaired) electrons. The zero-order chi connectivity index (χ0) is 33.4. The van der Waals surface area contributed by atoms with Crippen LogP contribution in [0.5, 0.6) is 0 Å². The molecule has 0 saturated heterocycles. The lowest BCUT2D eigenvalue weighted by Crippen LogP contribution is -2.67. The van der Waals surface area contributed by atoms with E-state index in [9.17, 15) is 19.5 Å². The predicted octanol–water partition coefficient (Wildman–Crippen LogP) is 9.13. The number of hydrogen-bond acceptors (Lipinski definition) is 5. The lowest BCUT2D eigenvalue weighted by molar-refractivity contribution is -0.251. The fourth-order valence-corrected chi connectivity index (χ4v) is 13.1. The van der Waals surface area contributed by atoms with Crippen molar-refractivity contribution in [2.24, 2.45) is 56.7 Å². The highest BCUT2D eigenvalue weighted by Gasteiger charge is 2.71. The van der Waals surface area contributed by atoms with Crippen molar-refractivity contribution in [1.29, 1.82) is 0 Å². The van der Waals surface area contributed by atoms with Gasteiger partial charge in [-0.2, -0.15) is 0 Å². The second-order valence-electron chi connectivity index (χ2n) is 17.4. The van der Waals surface area contributed by atoms with Gasteiger partial charge in [0, 0.05) is 17.8 Å². The van der Waals surface area contributed by atoms with Crippen molar-refractivity contribution in [3.05, 3.63) is 47.5 Å². The lowest BCUT2D eigenvalue weighted by Gasteiger charge is -2.73. The number of esters is 2. The summed E-state index contributed by atoms with van der Waals surface area (Å²) >= 11 is 0. The van der Waals surface area contributed by atoms with Gasteiger partial charge in [0.1, 0.15) is 6.10 Å². The van der Waals surface area contributed by atoms with Crippen LogP contribution in [0.3, 0.4) is 0 Å². The smallest absolute Gasteiger partial charge is 0.339 e. The largest absolute Gasteiger partial charge is 0.478 e. The molecular formula is C40H56O6. The van der Waals surface area contributed by atoms with E-state index >= 15 is 0 Å². The summed E-state index contributed by atoms with van der Waals surface area (Å²) < 4.78 is 12.0. The van der Waals surface area contributed by atoms with Crippen LogP contribution in [0.4, 0.5) is 0 Å². The van der Waals surface area contributed by atoms with Crippen LogP contribution in [0.1, 0.15) is 133 Å². The number of fused-ring (bicyclic) bond motifs is 7. The summed E-state index contributed by atoms with van der Waals surface area (Å²) in [5.74, 6) is 0.625. The van der Waals surface area contributed by atoms with E-state index in [2.05, 4.69) is 48.1 Å². The fourth-order valence-electron chi connectivity index (χ4n) is 13.1. The van der Waals surface area contributed by atoms with Gasteiger partial charge in [-0.25, -0.2) is 9.59 Å². The predicted molar refractivity (Wildman–Crippen MR) is 178 cm³/mol. The summed E-state index contributed by atoms with van der Waals surface area (Å²) in [7, 11) is 0. The first-order chi connectivity index (χ1) is 21.5. The first-order valence-electron chi connectivity index (χ1n) is 17.8. The molecule has 1 N–H and O–H groups in total. The molecule has 6 nitrogen and oxygen atoms in total. The number of carboxylic acids is 1. The van der Waals surface area contributed by atoms with Gasteiger partial charge in [0.2, 0.25) is 0 Å². The van der Waals surface area contributed by atoms with Crippen LogP contribution in [0.15, 0.2) is 36.4 Å². The summed E-state index contributed by atoms with van der Waals surface area (Å²) in [6.07, 6.45) is 11.0. The molecule has 0 aliphatic heterocycles. The number of aromatic carboxylic acids is 1. The van der Waals surface area contributed by atoms with Gasteiger partial charge < -0.3 is 14.6 Å². The van der Waals surface area contributed by atoms with Gasteiger partial charge in [0.25, 0.3) is 0 Å². The number of carbonyl (C=O) groups is 3. The normalized spacial score (nSPS) is 42.4. The van der Waals surface area contributed by atoms with Crippen LogP contribution in [-0.2, 0) is 14.3 Å². The Labute approximate surface area is 276 Å². The maximum Gasteiger partial charge on any atom is 0.339 e. The summed E-state index contributed by atoms with van der Waals surface area (Å²) in [6, 6.07) is 6.37. The zero-order valence-corrected chi connectivity index (χ0v) is 29.2. The van der Waals surface area contributed by atoms with E-state index < -0.39 is 11.9 Å². The number of hydrogen-bond donors (Lipinski definition) is 1. The van der Waals surface area contributed by atoms with Crippen LogP contribution < -0.4 is 0 Å². The molecule has 6 rings (SSSR count). The molecule has 10 atom stereocenters. The lowest BCUT2D eigenvalue weighted by atomic mass is 9.32. The Balaban J connectivity index is 1.30. The zero-order valence-electron chi connectivity index (χ0n) is 29.2. The first kappa shape index (κ1) is 33.3. The molecule has 0 aromatic heterocycles. The van der Waals surface area contributed by atoms with Crippen molar-refractivity contribution < 1.29 is 29.0 Å². The molecule has 5 saturated carbocycles. The minimum absolute atomic E-state index is 0.00980. The SMILES string of the molecule is C=C(C)[C@@H]1CCC2(COC(=O)c3ccccc3C(=O)O)CC[C@]3(C)C(CCC4[C@@]5(C)CCC(OC(C)=O)C(C)(C)C5CC[C@]43C)C12. The second kappa shape index (κ2) is 11.2. The number of benzene rings is 1. The van der Waals surface area contributed by atoms with Gasteiger partial charge in [-0.05, 0) is 129 Å². The Kier molecular flexibility index (Phi) is 8.12. The molecule has 5 fully saturated rings. The highest BCUT2D eigenvalue weighted by Crippen LogP contribution is 2.77. The van der Waals surface area contributed by atoms with Crippen molar-refractivity contribution in [3.63, 3.8) is 0 Å². The van der Waals surface area contributed by atoms with E-state index in [-0.39, 0.29) is 50.3 Å². The molecule has 252 valence electrons. The van der Waals surface area contributed by atoms with Crippen molar-refractivity contribution in [2.45, 2.75) is 119 Å². The summed E-state index contributed by atoms with van der Waals surface area (Å²) in [5.41, 5.74) is 1.74. The van der Waals surface area contributed by atoms with Crippen molar-refractivity contribution >= 4 is 17.9 Å². The van der Waals surface area contributed by atoms with Crippen LogP contribution in [0.2, 0.25) is 0 Å². The van der Waals surface area contributed by atoms with Crippen LogP contribution in [0, 0.1) is 56.7 Å². The molecule has 1 aromatic rings. The average molecular weight is 633 g/mol.